The van der Waals surface area contributed by atoms with E-state index in [9.17, 15) is 4.79 Å². The standard InChI is InChI=1S/C15H20O5/c1-10-5-6-13(18-3)12(7-10)15(14(16)19-4)8-11(17-2)9-20-15/h5-7,11H,8-9H2,1-4H3. The van der Waals surface area contributed by atoms with E-state index in [0.717, 1.165) is 5.56 Å². The Bertz CT molecular complexity index is 499. The molecule has 0 spiro atoms. The lowest BCUT2D eigenvalue weighted by Gasteiger charge is -2.27. The number of aryl methyl sites for hydroxylation is 1. The molecule has 0 aliphatic carbocycles. The Kier molecular flexibility index (Phi) is 4.30. The van der Waals surface area contributed by atoms with Crippen LogP contribution in [0.15, 0.2) is 18.2 Å². The van der Waals surface area contributed by atoms with Crippen LogP contribution in [-0.4, -0.2) is 40.0 Å². The van der Waals surface area contributed by atoms with Crippen LogP contribution in [-0.2, 0) is 24.6 Å². The first kappa shape index (κ1) is 14.8. The van der Waals surface area contributed by atoms with E-state index in [-0.39, 0.29) is 6.10 Å². The van der Waals surface area contributed by atoms with Gasteiger partial charge in [0.15, 0.2) is 5.60 Å². The molecule has 5 nitrogen and oxygen atoms in total. The third kappa shape index (κ3) is 2.39. The van der Waals surface area contributed by atoms with Crippen LogP contribution in [0, 0.1) is 6.92 Å². The van der Waals surface area contributed by atoms with E-state index in [1.165, 1.54) is 7.11 Å². The Labute approximate surface area is 118 Å². The average molecular weight is 280 g/mol. The van der Waals surface area contributed by atoms with Gasteiger partial charge in [-0.25, -0.2) is 4.79 Å². The summed E-state index contributed by atoms with van der Waals surface area (Å²) < 4.78 is 21.4. The molecule has 1 aliphatic rings. The van der Waals surface area contributed by atoms with Gasteiger partial charge in [0.25, 0.3) is 0 Å². The van der Waals surface area contributed by atoms with Gasteiger partial charge in [0.05, 0.1) is 26.9 Å². The Morgan fingerprint density at radius 1 is 1.35 bits per heavy atom. The number of benzene rings is 1. The Morgan fingerprint density at radius 2 is 2.10 bits per heavy atom. The Balaban J connectivity index is 2.53. The molecule has 1 aromatic rings. The van der Waals surface area contributed by atoms with E-state index >= 15 is 0 Å². The monoisotopic (exact) mass is 280 g/mol. The van der Waals surface area contributed by atoms with Gasteiger partial charge in [-0.2, -0.15) is 0 Å². The van der Waals surface area contributed by atoms with Crippen molar-refractivity contribution < 1.29 is 23.7 Å². The molecule has 5 heteroatoms. The summed E-state index contributed by atoms with van der Waals surface area (Å²) in [6.07, 6.45) is 0.273. The highest BCUT2D eigenvalue weighted by atomic mass is 16.6. The van der Waals surface area contributed by atoms with Crippen LogP contribution in [0.25, 0.3) is 0 Å². The quantitative estimate of drug-likeness (QED) is 0.787. The Hall–Kier alpha value is -1.59. The van der Waals surface area contributed by atoms with E-state index in [0.29, 0.717) is 24.3 Å². The van der Waals surface area contributed by atoms with Crippen LogP contribution >= 0.6 is 0 Å². The predicted octanol–water partition coefficient (Wildman–Crippen LogP) is 1.81. The Morgan fingerprint density at radius 3 is 2.65 bits per heavy atom. The van der Waals surface area contributed by atoms with Crippen molar-refractivity contribution in [2.45, 2.75) is 25.0 Å². The van der Waals surface area contributed by atoms with Gasteiger partial charge in [-0.15, -0.1) is 0 Å². The van der Waals surface area contributed by atoms with E-state index in [1.807, 2.05) is 25.1 Å². The minimum atomic E-state index is -1.16. The second-order valence-corrected chi connectivity index (χ2v) is 4.90. The fourth-order valence-corrected chi connectivity index (χ4v) is 2.57. The molecule has 1 saturated heterocycles. The first-order valence-corrected chi connectivity index (χ1v) is 6.47. The zero-order valence-electron chi connectivity index (χ0n) is 12.3. The average Bonchev–Trinajstić information content (AvgIpc) is 2.92. The molecular weight excluding hydrogens is 260 g/mol. The van der Waals surface area contributed by atoms with Crippen LogP contribution in [0.2, 0.25) is 0 Å². The maximum atomic E-state index is 12.3. The first-order valence-electron chi connectivity index (χ1n) is 6.47. The van der Waals surface area contributed by atoms with Crippen molar-refractivity contribution >= 4 is 5.97 Å². The third-order valence-electron chi connectivity index (χ3n) is 3.67. The van der Waals surface area contributed by atoms with Crippen LogP contribution in [0.4, 0.5) is 0 Å². The first-order chi connectivity index (χ1) is 9.57. The number of esters is 1. The summed E-state index contributed by atoms with van der Waals surface area (Å²) in [7, 11) is 4.53. The highest BCUT2D eigenvalue weighted by Crippen LogP contribution is 2.42. The molecule has 1 aliphatic heterocycles. The zero-order chi connectivity index (χ0) is 14.8. The largest absolute Gasteiger partial charge is 0.496 e. The van der Waals surface area contributed by atoms with Gasteiger partial charge in [0.1, 0.15) is 5.75 Å². The molecule has 2 rings (SSSR count). The normalized spacial score (nSPS) is 25.5. The molecule has 2 atom stereocenters. The summed E-state index contributed by atoms with van der Waals surface area (Å²) in [6, 6.07) is 5.66. The molecule has 0 amide bonds. The highest BCUT2D eigenvalue weighted by molar-refractivity contribution is 5.83. The molecule has 1 fully saturated rings. The minimum absolute atomic E-state index is 0.140. The summed E-state index contributed by atoms with van der Waals surface area (Å²) in [6.45, 7) is 2.30. The second-order valence-electron chi connectivity index (χ2n) is 4.90. The molecule has 0 radical (unpaired) electrons. The summed E-state index contributed by atoms with van der Waals surface area (Å²) >= 11 is 0. The molecule has 0 bridgehead atoms. The SMILES string of the molecule is COC(=O)C1(c2cc(C)ccc2OC)CC(OC)CO1. The van der Waals surface area contributed by atoms with Crippen molar-refractivity contribution in [2.24, 2.45) is 0 Å². The number of ether oxygens (including phenoxy) is 4. The summed E-state index contributed by atoms with van der Waals surface area (Å²) in [4.78, 5) is 12.3. The molecule has 0 N–H and O–H groups in total. The number of carbonyl (C=O) groups is 1. The lowest BCUT2D eigenvalue weighted by molar-refractivity contribution is -0.165. The predicted molar refractivity (Wildman–Crippen MR) is 72.8 cm³/mol. The zero-order valence-corrected chi connectivity index (χ0v) is 12.3. The van der Waals surface area contributed by atoms with E-state index in [2.05, 4.69) is 0 Å². The van der Waals surface area contributed by atoms with Crippen molar-refractivity contribution in [1.82, 2.24) is 0 Å². The van der Waals surface area contributed by atoms with Crippen LogP contribution in [0.1, 0.15) is 17.5 Å². The van der Waals surface area contributed by atoms with E-state index < -0.39 is 11.6 Å². The number of methoxy groups -OCH3 is 3. The summed E-state index contributed by atoms with van der Waals surface area (Å²) in [5, 5.41) is 0. The fourth-order valence-electron chi connectivity index (χ4n) is 2.57. The number of hydrogen-bond donors (Lipinski definition) is 0. The van der Waals surface area contributed by atoms with Gasteiger partial charge in [-0.3, -0.25) is 0 Å². The molecule has 0 aromatic heterocycles. The van der Waals surface area contributed by atoms with Crippen LogP contribution < -0.4 is 4.74 Å². The summed E-state index contributed by atoms with van der Waals surface area (Å²) in [5.74, 6) is 0.179. The van der Waals surface area contributed by atoms with Gasteiger partial charge < -0.3 is 18.9 Å². The minimum Gasteiger partial charge on any atom is -0.496 e. The van der Waals surface area contributed by atoms with Gasteiger partial charge in [-0.05, 0) is 19.1 Å². The molecular formula is C15H20O5. The van der Waals surface area contributed by atoms with Crippen LogP contribution in [0.3, 0.4) is 0 Å². The van der Waals surface area contributed by atoms with Crippen LogP contribution in [0.5, 0.6) is 5.75 Å². The second kappa shape index (κ2) is 5.81. The topological polar surface area (TPSA) is 54.0 Å². The molecule has 1 aromatic carbocycles. The molecule has 1 heterocycles. The smallest absolute Gasteiger partial charge is 0.343 e. The van der Waals surface area contributed by atoms with Gasteiger partial charge >= 0.3 is 5.97 Å². The molecule has 110 valence electrons. The molecule has 20 heavy (non-hydrogen) atoms. The van der Waals surface area contributed by atoms with Gasteiger partial charge in [0, 0.05) is 19.1 Å². The molecule has 0 saturated carbocycles. The number of rotatable bonds is 4. The highest BCUT2D eigenvalue weighted by Gasteiger charge is 2.51. The lowest BCUT2D eigenvalue weighted by Crippen LogP contribution is -2.37. The maximum Gasteiger partial charge on any atom is 0.343 e. The maximum absolute atomic E-state index is 12.3. The lowest BCUT2D eigenvalue weighted by atomic mass is 9.88. The fraction of sp³-hybridized carbons (Fsp3) is 0.533. The number of carbonyl (C=O) groups excluding carboxylic acids is 1. The van der Waals surface area contributed by atoms with E-state index in [1.54, 1.807) is 14.2 Å². The summed E-state index contributed by atoms with van der Waals surface area (Å²) in [5.41, 5.74) is 0.548. The van der Waals surface area contributed by atoms with E-state index in [4.69, 9.17) is 18.9 Å². The molecule has 2 unspecified atom stereocenters. The van der Waals surface area contributed by atoms with Gasteiger partial charge in [0.2, 0.25) is 0 Å². The van der Waals surface area contributed by atoms with Crippen molar-refractivity contribution in [3.05, 3.63) is 29.3 Å². The third-order valence-corrected chi connectivity index (χ3v) is 3.67. The number of hydrogen-bond acceptors (Lipinski definition) is 5. The van der Waals surface area contributed by atoms with Gasteiger partial charge in [-0.1, -0.05) is 11.6 Å². The van der Waals surface area contributed by atoms with Crippen molar-refractivity contribution in [3.8, 4) is 5.75 Å². The van der Waals surface area contributed by atoms with Crippen molar-refractivity contribution in [1.29, 1.82) is 0 Å². The van der Waals surface area contributed by atoms with Crippen molar-refractivity contribution in [2.75, 3.05) is 27.9 Å². The van der Waals surface area contributed by atoms with Crippen molar-refractivity contribution in [3.63, 3.8) is 0 Å².